The highest BCUT2D eigenvalue weighted by molar-refractivity contribution is 6.09. The second-order valence-corrected chi connectivity index (χ2v) is 8.70. The maximum atomic E-state index is 13.3. The number of fused-ring (bicyclic) bond motifs is 1. The number of benzene rings is 3. The van der Waals surface area contributed by atoms with E-state index in [1.165, 1.54) is 5.56 Å². The molecule has 1 N–H and O–H groups in total. The van der Waals surface area contributed by atoms with Crippen molar-refractivity contribution in [3.8, 4) is 6.07 Å². The summed E-state index contributed by atoms with van der Waals surface area (Å²) in [6.07, 6.45) is 1.48. The van der Waals surface area contributed by atoms with Crippen LogP contribution in [0.25, 0.3) is 0 Å². The van der Waals surface area contributed by atoms with Crippen molar-refractivity contribution in [2.24, 2.45) is 0 Å². The van der Waals surface area contributed by atoms with E-state index < -0.39 is 5.60 Å². The highest BCUT2D eigenvalue weighted by Gasteiger charge is 2.27. The molecule has 0 spiro atoms. The average Bonchev–Trinajstić information content (AvgIpc) is 2.75. The number of carbonyl (C=O) groups is 1. The van der Waals surface area contributed by atoms with Gasteiger partial charge in [-0.2, -0.15) is 5.26 Å². The van der Waals surface area contributed by atoms with Crippen LogP contribution in [0.15, 0.2) is 60.7 Å². The van der Waals surface area contributed by atoms with Gasteiger partial charge in [0, 0.05) is 12.1 Å². The Morgan fingerprint density at radius 1 is 1.10 bits per heavy atom. The fraction of sp³-hybridized carbons (Fsp3) is 0.259. The first-order valence-corrected chi connectivity index (χ1v) is 10.5. The van der Waals surface area contributed by atoms with Gasteiger partial charge in [0.25, 0.3) is 5.91 Å². The molecule has 31 heavy (non-hydrogen) atoms. The van der Waals surface area contributed by atoms with E-state index in [9.17, 15) is 15.2 Å². The molecule has 0 saturated heterocycles. The largest absolute Gasteiger partial charge is 0.386 e. The topological polar surface area (TPSA) is 64.3 Å². The first kappa shape index (κ1) is 20.8. The van der Waals surface area contributed by atoms with Gasteiger partial charge in [-0.1, -0.05) is 42.5 Å². The number of nitriles is 1. The third-order valence-corrected chi connectivity index (χ3v) is 6.01. The van der Waals surface area contributed by atoms with E-state index in [1.54, 1.807) is 24.8 Å². The molecule has 156 valence electrons. The van der Waals surface area contributed by atoms with Crippen LogP contribution in [0.2, 0.25) is 0 Å². The van der Waals surface area contributed by atoms with Gasteiger partial charge in [-0.15, -0.1) is 0 Å². The maximum Gasteiger partial charge on any atom is 0.258 e. The van der Waals surface area contributed by atoms with Gasteiger partial charge >= 0.3 is 0 Å². The van der Waals surface area contributed by atoms with Gasteiger partial charge in [-0.25, -0.2) is 0 Å². The third-order valence-electron chi connectivity index (χ3n) is 6.01. The molecule has 3 aromatic carbocycles. The number of aryl methyl sites for hydroxylation is 1. The molecule has 1 amide bonds. The van der Waals surface area contributed by atoms with Crippen LogP contribution in [-0.4, -0.2) is 17.6 Å². The summed E-state index contributed by atoms with van der Waals surface area (Å²) in [5.41, 5.74) is 6.38. The molecule has 0 fully saturated rings. The Balaban J connectivity index is 1.65. The fourth-order valence-corrected chi connectivity index (χ4v) is 4.17. The smallest absolute Gasteiger partial charge is 0.258 e. The van der Waals surface area contributed by atoms with Crippen molar-refractivity contribution in [2.75, 3.05) is 11.4 Å². The van der Waals surface area contributed by atoms with Crippen molar-refractivity contribution < 1.29 is 9.90 Å². The summed E-state index contributed by atoms with van der Waals surface area (Å²) >= 11 is 0. The van der Waals surface area contributed by atoms with Gasteiger partial charge in [0.1, 0.15) is 6.07 Å². The molecular weight excluding hydrogens is 384 g/mol. The van der Waals surface area contributed by atoms with Crippen molar-refractivity contribution in [2.45, 2.75) is 39.2 Å². The van der Waals surface area contributed by atoms with Gasteiger partial charge in [-0.3, -0.25) is 4.79 Å². The van der Waals surface area contributed by atoms with Crippen molar-refractivity contribution in [3.63, 3.8) is 0 Å². The molecule has 0 atom stereocenters. The molecule has 4 heteroatoms. The molecular formula is C27H26N2O2. The number of amides is 1. The van der Waals surface area contributed by atoms with Gasteiger partial charge in [0.2, 0.25) is 0 Å². The van der Waals surface area contributed by atoms with Gasteiger partial charge in [0.05, 0.1) is 16.9 Å². The Kier molecular flexibility index (Phi) is 5.39. The lowest BCUT2D eigenvalue weighted by Crippen LogP contribution is -2.38. The molecule has 4 rings (SSSR count). The Labute approximate surface area is 183 Å². The Morgan fingerprint density at radius 3 is 2.48 bits per heavy atom. The molecule has 3 aromatic rings. The number of rotatable bonds is 4. The third kappa shape index (κ3) is 4.10. The molecule has 0 unspecified atom stereocenters. The van der Waals surface area contributed by atoms with E-state index in [2.05, 4.69) is 19.1 Å². The number of anilines is 1. The number of para-hydroxylation sites is 1. The fourth-order valence-electron chi connectivity index (χ4n) is 4.17. The van der Waals surface area contributed by atoms with E-state index >= 15 is 0 Å². The number of nitrogens with zero attached hydrogens (tertiary/aromatic N) is 2. The number of carbonyl (C=O) groups excluding carboxylic acids is 1. The van der Waals surface area contributed by atoms with Crippen molar-refractivity contribution in [1.82, 2.24) is 0 Å². The van der Waals surface area contributed by atoms with Crippen LogP contribution in [0.5, 0.6) is 0 Å². The lowest BCUT2D eigenvalue weighted by molar-refractivity contribution is 0.0785. The predicted octanol–water partition coefficient (Wildman–Crippen LogP) is 4.89. The molecule has 1 aliphatic rings. The monoisotopic (exact) mass is 410 g/mol. The number of hydrogen-bond donors (Lipinski definition) is 1. The van der Waals surface area contributed by atoms with Crippen LogP contribution in [0.1, 0.15) is 57.6 Å². The molecule has 4 nitrogen and oxygen atoms in total. The Morgan fingerprint density at radius 2 is 1.81 bits per heavy atom. The Hall–Kier alpha value is -3.42. The highest BCUT2D eigenvalue weighted by Crippen LogP contribution is 2.30. The Bertz CT molecular complexity index is 1180. The van der Waals surface area contributed by atoms with Gasteiger partial charge in [-0.05, 0) is 79.6 Å². The lowest BCUT2D eigenvalue weighted by atomic mass is 9.90. The summed E-state index contributed by atoms with van der Waals surface area (Å²) in [6.45, 7) is 6.21. The molecule has 1 aliphatic heterocycles. The minimum atomic E-state index is -0.865. The first-order chi connectivity index (χ1) is 14.8. The van der Waals surface area contributed by atoms with Crippen LogP contribution in [-0.2, 0) is 18.4 Å². The summed E-state index contributed by atoms with van der Waals surface area (Å²) in [5, 5.41) is 19.6. The van der Waals surface area contributed by atoms with Crippen LogP contribution >= 0.6 is 0 Å². The average molecular weight is 411 g/mol. The van der Waals surface area contributed by atoms with Crippen molar-refractivity contribution >= 4 is 11.6 Å². The van der Waals surface area contributed by atoms with E-state index in [4.69, 9.17) is 0 Å². The van der Waals surface area contributed by atoms with Crippen LogP contribution in [0.4, 0.5) is 5.69 Å². The molecule has 0 aliphatic carbocycles. The highest BCUT2D eigenvalue weighted by atomic mass is 16.3. The van der Waals surface area contributed by atoms with Gasteiger partial charge < -0.3 is 10.0 Å². The minimum absolute atomic E-state index is 0.0532. The zero-order chi connectivity index (χ0) is 22.2. The summed E-state index contributed by atoms with van der Waals surface area (Å²) < 4.78 is 0. The summed E-state index contributed by atoms with van der Waals surface area (Å²) in [5.74, 6) is -0.0532. The molecule has 1 heterocycles. The van der Waals surface area contributed by atoms with E-state index in [0.29, 0.717) is 29.8 Å². The maximum absolute atomic E-state index is 13.3. The number of aliphatic hydroxyl groups is 1. The normalized spacial score (nSPS) is 13.6. The summed E-state index contributed by atoms with van der Waals surface area (Å²) in [4.78, 5) is 15.1. The quantitative estimate of drug-likeness (QED) is 0.666. The zero-order valence-corrected chi connectivity index (χ0v) is 18.1. The van der Waals surface area contributed by atoms with E-state index in [0.717, 1.165) is 28.7 Å². The van der Waals surface area contributed by atoms with Crippen LogP contribution < -0.4 is 4.90 Å². The lowest BCUT2D eigenvalue weighted by Gasteiger charge is -2.30. The van der Waals surface area contributed by atoms with Gasteiger partial charge in [0.15, 0.2) is 0 Å². The first-order valence-electron chi connectivity index (χ1n) is 10.5. The van der Waals surface area contributed by atoms with Crippen molar-refractivity contribution in [3.05, 3.63) is 99.6 Å². The SMILES string of the molecule is Cc1cc2c(cc1Cc1ccc(C(C)(C)O)cc1)C(=O)N(c1ccccc1C#N)CC2. The summed E-state index contributed by atoms with van der Waals surface area (Å²) in [7, 11) is 0. The zero-order valence-electron chi connectivity index (χ0n) is 18.1. The second-order valence-electron chi connectivity index (χ2n) is 8.70. The van der Waals surface area contributed by atoms with E-state index in [1.807, 2.05) is 48.5 Å². The van der Waals surface area contributed by atoms with E-state index in [-0.39, 0.29) is 5.91 Å². The standard InChI is InChI=1S/C27H26N2O2/c1-18-14-20-12-13-29(25-7-5-4-6-21(25)17-28)26(30)24(20)16-22(18)15-19-8-10-23(11-9-19)27(2,3)31/h4-11,14,16,31H,12-13,15H2,1-3H3. The molecule has 0 radical (unpaired) electrons. The van der Waals surface area contributed by atoms with Crippen LogP contribution in [0.3, 0.4) is 0 Å². The van der Waals surface area contributed by atoms with Crippen LogP contribution in [0, 0.1) is 18.3 Å². The molecule has 0 bridgehead atoms. The van der Waals surface area contributed by atoms with Crippen molar-refractivity contribution in [1.29, 1.82) is 5.26 Å². The molecule has 0 saturated carbocycles. The predicted molar refractivity (Wildman–Crippen MR) is 122 cm³/mol. The number of hydrogen-bond acceptors (Lipinski definition) is 3. The minimum Gasteiger partial charge on any atom is -0.386 e. The summed E-state index contributed by atoms with van der Waals surface area (Å²) in [6, 6.07) is 21.6. The second kappa shape index (κ2) is 8.02. The molecule has 0 aromatic heterocycles.